The Bertz CT molecular complexity index is 869. The Labute approximate surface area is 165 Å². The van der Waals surface area contributed by atoms with E-state index in [4.69, 9.17) is 4.74 Å². The quantitative estimate of drug-likeness (QED) is 0.706. The van der Waals surface area contributed by atoms with Crippen LogP contribution in [-0.4, -0.2) is 29.5 Å². The molecule has 2 heterocycles. The number of aromatic nitrogens is 1. The second-order valence-electron chi connectivity index (χ2n) is 7.04. The summed E-state index contributed by atoms with van der Waals surface area (Å²) in [4.78, 5) is 6.76. The van der Waals surface area contributed by atoms with Crippen molar-refractivity contribution in [3.63, 3.8) is 0 Å². The van der Waals surface area contributed by atoms with E-state index >= 15 is 0 Å². The first-order valence-corrected chi connectivity index (χ1v) is 9.59. The van der Waals surface area contributed by atoms with Crippen LogP contribution in [-0.2, 0) is 13.2 Å². The van der Waals surface area contributed by atoms with Gasteiger partial charge in [0.2, 0.25) is 0 Å². The molecule has 1 aromatic heterocycles. The zero-order chi connectivity index (χ0) is 19.2. The van der Waals surface area contributed by atoms with Gasteiger partial charge in [0.1, 0.15) is 18.2 Å². The maximum absolute atomic E-state index is 13.0. The van der Waals surface area contributed by atoms with Gasteiger partial charge in [0.25, 0.3) is 0 Å². The standard InChI is InChI=1S/C23H24FN3O/c24-21-7-3-19(4-8-21)17-28-22-9-5-18(6-10-22)16-27-13-12-26-15-23(27)20-2-1-11-25-14-20/h1-11,14,23,26H,12-13,15-17H2. The van der Waals surface area contributed by atoms with Gasteiger partial charge in [-0.1, -0.05) is 30.3 Å². The summed E-state index contributed by atoms with van der Waals surface area (Å²) in [5.74, 6) is 0.586. The monoisotopic (exact) mass is 377 g/mol. The van der Waals surface area contributed by atoms with Crippen molar-refractivity contribution in [2.45, 2.75) is 19.2 Å². The fourth-order valence-electron chi connectivity index (χ4n) is 3.51. The van der Waals surface area contributed by atoms with E-state index < -0.39 is 0 Å². The predicted molar refractivity (Wildman–Crippen MR) is 107 cm³/mol. The van der Waals surface area contributed by atoms with Gasteiger partial charge in [-0.2, -0.15) is 0 Å². The molecule has 0 aliphatic carbocycles. The molecule has 1 atom stereocenters. The largest absolute Gasteiger partial charge is 0.489 e. The molecule has 0 bridgehead atoms. The van der Waals surface area contributed by atoms with Crippen LogP contribution in [0.3, 0.4) is 0 Å². The summed E-state index contributed by atoms with van der Waals surface area (Å²) in [7, 11) is 0. The van der Waals surface area contributed by atoms with Crippen LogP contribution >= 0.6 is 0 Å². The van der Waals surface area contributed by atoms with Crippen LogP contribution in [0.1, 0.15) is 22.7 Å². The third-order valence-electron chi connectivity index (χ3n) is 5.05. The Morgan fingerprint density at radius 1 is 1.04 bits per heavy atom. The third-order valence-corrected chi connectivity index (χ3v) is 5.05. The summed E-state index contributed by atoms with van der Waals surface area (Å²) >= 11 is 0. The number of rotatable bonds is 6. The van der Waals surface area contributed by atoms with E-state index in [1.807, 2.05) is 30.6 Å². The highest BCUT2D eigenvalue weighted by molar-refractivity contribution is 5.28. The Morgan fingerprint density at radius 3 is 2.57 bits per heavy atom. The molecule has 144 valence electrons. The molecule has 3 aromatic rings. The number of nitrogens with zero attached hydrogens (tertiary/aromatic N) is 2. The van der Waals surface area contributed by atoms with E-state index in [9.17, 15) is 4.39 Å². The normalized spacial score (nSPS) is 17.4. The van der Waals surface area contributed by atoms with Crippen molar-refractivity contribution < 1.29 is 9.13 Å². The van der Waals surface area contributed by atoms with Crippen LogP contribution in [0.2, 0.25) is 0 Å². The van der Waals surface area contributed by atoms with Gasteiger partial charge in [0, 0.05) is 44.6 Å². The number of nitrogens with one attached hydrogen (secondary N) is 1. The molecule has 28 heavy (non-hydrogen) atoms. The average Bonchev–Trinajstić information content (AvgIpc) is 2.75. The van der Waals surface area contributed by atoms with Crippen LogP contribution < -0.4 is 10.1 Å². The van der Waals surface area contributed by atoms with Crippen molar-refractivity contribution in [2.24, 2.45) is 0 Å². The molecular weight excluding hydrogens is 353 g/mol. The highest BCUT2D eigenvalue weighted by Gasteiger charge is 2.23. The highest BCUT2D eigenvalue weighted by Crippen LogP contribution is 2.24. The molecule has 1 saturated heterocycles. The minimum Gasteiger partial charge on any atom is -0.489 e. The summed E-state index contributed by atoms with van der Waals surface area (Å²) in [5.41, 5.74) is 3.45. The molecule has 5 heteroatoms. The first-order chi connectivity index (χ1) is 13.8. The molecule has 0 saturated carbocycles. The van der Waals surface area contributed by atoms with E-state index in [2.05, 4.69) is 33.4 Å². The van der Waals surface area contributed by atoms with E-state index in [1.165, 1.54) is 23.3 Å². The molecule has 0 amide bonds. The molecule has 1 unspecified atom stereocenters. The summed E-state index contributed by atoms with van der Waals surface area (Å²) in [5, 5.41) is 3.48. The van der Waals surface area contributed by atoms with Crippen molar-refractivity contribution in [1.82, 2.24) is 15.2 Å². The maximum Gasteiger partial charge on any atom is 0.123 e. The van der Waals surface area contributed by atoms with Crippen LogP contribution in [0.5, 0.6) is 5.75 Å². The Morgan fingerprint density at radius 2 is 1.82 bits per heavy atom. The van der Waals surface area contributed by atoms with E-state index in [1.54, 1.807) is 12.1 Å². The molecule has 1 aliphatic rings. The molecule has 4 rings (SSSR count). The van der Waals surface area contributed by atoms with Gasteiger partial charge >= 0.3 is 0 Å². The second-order valence-corrected chi connectivity index (χ2v) is 7.04. The average molecular weight is 377 g/mol. The number of piperazine rings is 1. The minimum absolute atomic E-state index is 0.231. The molecule has 2 aromatic carbocycles. The van der Waals surface area contributed by atoms with Crippen molar-refractivity contribution in [2.75, 3.05) is 19.6 Å². The van der Waals surface area contributed by atoms with Crippen LogP contribution in [0.4, 0.5) is 4.39 Å². The van der Waals surface area contributed by atoms with Gasteiger partial charge < -0.3 is 10.1 Å². The lowest BCUT2D eigenvalue weighted by Crippen LogP contribution is -2.45. The van der Waals surface area contributed by atoms with Crippen LogP contribution in [0, 0.1) is 5.82 Å². The molecule has 1 aliphatic heterocycles. The summed E-state index contributed by atoms with van der Waals surface area (Å²) < 4.78 is 18.8. The van der Waals surface area contributed by atoms with Crippen molar-refractivity contribution in [1.29, 1.82) is 0 Å². The van der Waals surface area contributed by atoms with Crippen molar-refractivity contribution in [3.8, 4) is 5.75 Å². The third kappa shape index (κ3) is 4.74. The number of hydrogen-bond acceptors (Lipinski definition) is 4. The zero-order valence-electron chi connectivity index (χ0n) is 15.7. The lowest BCUT2D eigenvalue weighted by atomic mass is 10.0. The van der Waals surface area contributed by atoms with Crippen molar-refractivity contribution in [3.05, 3.63) is 95.6 Å². The highest BCUT2D eigenvalue weighted by atomic mass is 19.1. The molecule has 0 spiro atoms. The number of pyridine rings is 1. The molecule has 1 N–H and O–H groups in total. The summed E-state index contributed by atoms with van der Waals surface area (Å²) in [6.07, 6.45) is 3.77. The molecule has 4 nitrogen and oxygen atoms in total. The number of halogens is 1. The first-order valence-electron chi connectivity index (χ1n) is 9.59. The Balaban J connectivity index is 1.37. The first kappa shape index (κ1) is 18.6. The molecular formula is C23H24FN3O. The van der Waals surface area contributed by atoms with Crippen molar-refractivity contribution >= 4 is 0 Å². The van der Waals surface area contributed by atoms with Gasteiger partial charge in [-0.05, 0) is 47.0 Å². The molecule has 1 fully saturated rings. The molecule has 0 radical (unpaired) electrons. The van der Waals surface area contributed by atoms with E-state index in [-0.39, 0.29) is 5.82 Å². The van der Waals surface area contributed by atoms with Gasteiger partial charge in [-0.15, -0.1) is 0 Å². The van der Waals surface area contributed by atoms with Gasteiger partial charge in [0.15, 0.2) is 0 Å². The second kappa shape index (κ2) is 8.95. The van der Waals surface area contributed by atoms with Gasteiger partial charge in [0.05, 0.1) is 0 Å². The predicted octanol–water partition coefficient (Wildman–Crippen LogP) is 3.95. The number of benzene rings is 2. The fraction of sp³-hybridized carbons (Fsp3) is 0.261. The number of ether oxygens (including phenoxy) is 1. The minimum atomic E-state index is -0.231. The smallest absolute Gasteiger partial charge is 0.123 e. The topological polar surface area (TPSA) is 37.4 Å². The Kier molecular flexibility index (Phi) is 5.95. The SMILES string of the molecule is Fc1ccc(COc2ccc(CN3CCNCC3c3cccnc3)cc2)cc1. The van der Waals surface area contributed by atoms with Crippen LogP contribution in [0.15, 0.2) is 73.1 Å². The van der Waals surface area contributed by atoms with Crippen LogP contribution in [0.25, 0.3) is 0 Å². The fourth-order valence-corrected chi connectivity index (χ4v) is 3.51. The van der Waals surface area contributed by atoms with Gasteiger partial charge in [-0.25, -0.2) is 4.39 Å². The Hall–Kier alpha value is -2.76. The lowest BCUT2D eigenvalue weighted by molar-refractivity contribution is 0.153. The van der Waals surface area contributed by atoms with Gasteiger partial charge in [-0.3, -0.25) is 9.88 Å². The van der Waals surface area contributed by atoms with E-state index in [0.717, 1.165) is 37.5 Å². The van der Waals surface area contributed by atoms with E-state index in [0.29, 0.717) is 12.6 Å². The zero-order valence-corrected chi connectivity index (χ0v) is 15.7. The summed E-state index contributed by atoms with van der Waals surface area (Å²) in [6.45, 7) is 4.25. The number of hydrogen-bond donors (Lipinski definition) is 1. The summed E-state index contributed by atoms with van der Waals surface area (Å²) in [6, 6.07) is 19.1. The lowest BCUT2D eigenvalue weighted by Gasteiger charge is -2.36. The maximum atomic E-state index is 13.0.